The van der Waals surface area contributed by atoms with E-state index in [1.807, 2.05) is 0 Å². The molecule has 6 nitrogen and oxygen atoms in total. The molecule has 7 heteroatoms. The number of halogens is 1. The van der Waals surface area contributed by atoms with Gasteiger partial charge in [0, 0.05) is 6.54 Å². The number of benzene rings is 1. The molecule has 20 heavy (non-hydrogen) atoms. The third-order valence-electron chi connectivity index (χ3n) is 3.37. The molecule has 1 aromatic carbocycles. The minimum Gasteiger partial charge on any atom is -0.481 e. The first kappa shape index (κ1) is 14.0. The monoisotopic (exact) mass is 281 g/mol. The molecule has 0 saturated carbocycles. The second-order valence-electron chi connectivity index (χ2n) is 4.61. The number of likely N-dealkylation sites (tertiary alicyclic amines) is 1. The summed E-state index contributed by atoms with van der Waals surface area (Å²) in [6, 6.07) is 5.31. The summed E-state index contributed by atoms with van der Waals surface area (Å²) < 4.78 is 12.8. The highest BCUT2D eigenvalue weighted by atomic mass is 19.1. The van der Waals surface area contributed by atoms with Crippen molar-refractivity contribution >= 4 is 18.0 Å². The molecule has 1 heterocycles. The van der Waals surface area contributed by atoms with Crippen LogP contribution in [0.1, 0.15) is 5.56 Å². The molecule has 0 aromatic heterocycles. The molecule has 1 aromatic rings. The van der Waals surface area contributed by atoms with Crippen LogP contribution in [0.3, 0.4) is 0 Å². The normalized spacial score (nSPS) is 22.1. The molecule has 0 radical (unpaired) electrons. The van der Waals surface area contributed by atoms with Crippen LogP contribution >= 0.6 is 0 Å². The summed E-state index contributed by atoms with van der Waals surface area (Å²) in [5, 5.41) is 18.0. The number of hydrogen-bond acceptors (Lipinski definition) is 3. The second-order valence-corrected chi connectivity index (χ2v) is 4.61. The molecular weight excluding hydrogens is 269 g/mol. The molecular formula is C13H12FNO5. The van der Waals surface area contributed by atoms with Gasteiger partial charge in [0.05, 0.1) is 11.8 Å². The Balaban J connectivity index is 2.22. The number of carbonyl (C=O) groups excluding carboxylic acids is 1. The number of carboxylic acid groups (broad SMARTS) is 2. The van der Waals surface area contributed by atoms with E-state index < -0.39 is 35.6 Å². The van der Waals surface area contributed by atoms with Crippen LogP contribution in [0, 0.1) is 17.7 Å². The molecule has 2 amide bonds. The highest BCUT2D eigenvalue weighted by Gasteiger charge is 2.46. The van der Waals surface area contributed by atoms with E-state index in [0.717, 1.165) is 0 Å². The van der Waals surface area contributed by atoms with Crippen LogP contribution in [0.2, 0.25) is 0 Å². The number of aliphatic carboxylic acids is 1. The molecule has 0 unspecified atom stereocenters. The molecule has 1 fully saturated rings. The first-order chi connectivity index (χ1) is 9.40. The average Bonchev–Trinajstić information content (AvgIpc) is 2.70. The van der Waals surface area contributed by atoms with E-state index in [4.69, 9.17) is 10.2 Å². The summed E-state index contributed by atoms with van der Waals surface area (Å²) in [7, 11) is 0. The van der Waals surface area contributed by atoms with Crippen molar-refractivity contribution < 1.29 is 29.0 Å². The van der Waals surface area contributed by atoms with Gasteiger partial charge in [-0.05, 0) is 24.1 Å². The van der Waals surface area contributed by atoms with E-state index in [1.165, 1.54) is 24.3 Å². The van der Waals surface area contributed by atoms with E-state index in [-0.39, 0.29) is 13.0 Å². The summed E-state index contributed by atoms with van der Waals surface area (Å²) in [6.45, 7) is -0.352. The highest BCUT2D eigenvalue weighted by molar-refractivity contribution is 5.98. The zero-order valence-corrected chi connectivity index (χ0v) is 10.3. The fraction of sp³-hybridized carbons (Fsp3) is 0.308. The van der Waals surface area contributed by atoms with Gasteiger partial charge in [-0.25, -0.2) is 14.1 Å². The minimum atomic E-state index is -1.46. The Kier molecular flexibility index (Phi) is 3.69. The molecule has 2 N–H and O–H groups in total. The van der Waals surface area contributed by atoms with Gasteiger partial charge in [-0.2, -0.15) is 0 Å². The summed E-state index contributed by atoms with van der Waals surface area (Å²) in [5.74, 6) is -4.41. The predicted molar refractivity (Wildman–Crippen MR) is 64.5 cm³/mol. The van der Waals surface area contributed by atoms with Crippen molar-refractivity contribution in [3.63, 3.8) is 0 Å². The van der Waals surface area contributed by atoms with Crippen LogP contribution in [0.25, 0.3) is 0 Å². The van der Waals surface area contributed by atoms with Crippen molar-refractivity contribution in [2.24, 2.45) is 11.8 Å². The van der Waals surface area contributed by atoms with Crippen LogP contribution in [0.15, 0.2) is 24.3 Å². The van der Waals surface area contributed by atoms with E-state index in [9.17, 15) is 18.8 Å². The number of hydrogen-bond donors (Lipinski definition) is 2. The number of amides is 2. The number of nitrogens with zero attached hydrogens (tertiary/aromatic N) is 1. The summed E-state index contributed by atoms with van der Waals surface area (Å²) in [4.78, 5) is 34.5. The van der Waals surface area contributed by atoms with Crippen LogP contribution < -0.4 is 0 Å². The number of carbonyl (C=O) groups is 3. The highest BCUT2D eigenvalue weighted by Crippen LogP contribution is 2.28. The van der Waals surface area contributed by atoms with Crippen molar-refractivity contribution in [1.82, 2.24) is 4.90 Å². The van der Waals surface area contributed by atoms with Crippen LogP contribution in [-0.4, -0.2) is 39.6 Å². The summed E-state index contributed by atoms with van der Waals surface area (Å²) >= 11 is 0. The first-order valence-electron chi connectivity index (χ1n) is 5.91. The standard InChI is InChI=1S/C13H12FNO5/c14-8-3-1-7(2-4-8)5-9-10(12(17)18)6-15(11(9)16)13(19)20/h1-4,9-10H,5-6H2,(H,17,18)(H,19,20)/t9-,10+/m1/s1. The molecule has 0 bridgehead atoms. The lowest BCUT2D eigenvalue weighted by atomic mass is 9.89. The second kappa shape index (κ2) is 5.28. The summed E-state index contributed by atoms with van der Waals surface area (Å²) in [6.07, 6.45) is -1.39. The minimum absolute atomic E-state index is 0.0693. The molecule has 1 saturated heterocycles. The van der Waals surface area contributed by atoms with Gasteiger partial charge in [0.15, 0.2) is 0 Å². The third kappa shape index (κ3) is 2.61. The van der Waals surface area contributed by atoms with Gasteiger partial charge in [0.1, 0.15) is 5.82 Å². The molecule has 1 aliphatic heterocycles. The molecule has 0 spiro atoms. The van der Waals surface area contributed by atoms with Gasteiger partial charge in [0.25, 0.3) is 0 Å². The fourth-order valence-corrected chi connectivity index (χ4v) is 2.31. The van der Waals surface area contributed by atoms with Gasteiger partial charge >= 0.3 is 12.1 Å². The number of imide groups is 1. The summed E-state index contributed by atoms with van der Waals surface area (Å²) in [5.41, 5.74) is 0.586. The van der Waals surface area contributed by atoms with E-state index >= 15 is 0 Å². The van der Waals surface area contributed by atoms with Gasteiger partial charge in [-0.1, -0.05) is 12.1 Å². The van der Waals surface area contributed by atoms with Crippen LogP contribution in [-0.2, 0) is 16.0 Å². The predicted octanol–water partition coefficient (Wildman–Crippen LogP) is 1.21. The average molecular weight is 281 g/mol. The maximum atomic E-state index is 12.8. The Labute approximate surface area is 113 Å². The Morgan fingerprint density at radius 3 is 2.35 bits per heavy atom. The van der Waals surface area contributed by atoms with E-state index in [1.54, 1.807) is 0 Å². The lowest BCUT2D eigenvalue weighted by molar-refractivity contribution is -0.144. The van der Waals surface area contributed by atoms with Gasteiger partial charge < -0.3 is 10.2 Å². The van der Waals surface area contributed by atoms with Crippen molar-refractivity contribution in [2.75, 3.05) is 6.54 Å². The zero-order chi connectivity index (χ0) is 14.9. The smallest absolute Gasteiger partial charge is 0.414 e. The van der Waals surface area contributed by atoms with Crippen LogP contribution in [0.4, 0.5) is 9.18 Å². The quantitative estimate of drug-likeness (QED) is 0.868. The molecule has 106 valence electrons. The molecule has 0 aliphatic carbocycles. The van der Waals surface area contributed by atoms with Crippen LogP contribution in [0.5, 0.6) is 0 Å². The largest absolute Gasteiger partial charge is 0.481 e. The number of carboxylic acids is 1. The van der Waals surface area contributed by atoms with E-state index in [0.29, 0.717) is 10.5 Å². The van der Waals surface area contributed by atoms with Crippen molar-refractivity contribution in [2.45, 2.75) is 6.42 Å². The van der Waals surface area contributed by atoms with Gasteiger partial charge in [-0.3, -0.25) is 9.59 Å². The molecule has 1 aliphatic rings. The lowest BCUT2D eigenvalue weighted by Crippen LogP contribution is -2.32. The maximum Gasteiger partial charge on any atom is 0.414 e. The molecule has 2 rings (SSSR count). The van der Waals surface area contributed by atoms with Gasteiger partial charge in [0.2, 0.25) is 5.91 Å². The topological polar surface area (TPSA) is 94.9 Å². The Morgan fingerprint density at radius 2 is 1.85 bits per heavy atom. The SMILES string of the molecule is O=C(O)[C@H]1CN(C(=O)O)C(=O)[C@@H]1Cc1ccc(F)cc1. The van der Waals surface area contributed by atoms with Crippen molar-refractivity contribution in [3.8, 4) is 0 Å². The maximum absolute atomic E-state index is 12.8. The Morgan fingerprint density at radius 1 is 1.25 bits per heavy atom. The third-order valence-corrected chi connectivity index (χ3v) is 3.37. The number of rotatable bonds is 3. The molecule has 2 atom stereocenters. The van der Waals surface area contributed by atoms with Crippen molar-refractivity contribution in [3.05, 3.63) is 35.6 Å². The van der Waals surface area contributed by atoms with E-state index in [2.05, 4.69) is 0 Å². The van der Waals surface area contributed by atoms with Crippen molar-refractivity contribution in [1.29, 1.82) is 0 Å². The lowest BCUT2D eigenvalue weighted by Gasteiger charge is -2.12. The Bertz CT molecular complexity index is 556. The zero-order valence-electron chi connectivity index (χ0n) is 10.3. The Hall–Kier alpha value is -2.44. The first-order valence-corrected chi connectivity index (χ1v) is 5.91. The van der Waals surface area contributed by atoms with Gasteiger partial charge in [-0.15, -0.1) is 0 Å². The fourth-order valence-electron chi connectivity index (χ4n) is 2.31.